The fourth-order valence-electron chi connectivity index (χ4n) is 2.69. The van der Waals surface area contributed by atoms with Crippen LogP contribution in [0.3, 0.4) is 0 Å². The van der Waals surface area contributed by atoms with Gasteiger partial charge >= 0.3 is 17.9 Å². The first kappa shape index (κ1) is 13.8. The Morgan fingerprint density at radius 1 is 1.38 bits per heavy atom. The molecule has 1 aromatic rings. The van der Waals surface area contributed by atoms with Gasteiger partial charge in [-0.3, -0.25) is 4.79 Å². The Morgan fingerprint density at radius 2 is 2.14 bits per heavy atom. The Hall–Kier alpha value is -2.12. The van der Waals surface area contributed by atoms with Crippen molar-refractivity contribution in [2.75, 3.05) is 19.6 Å². The van der Waals surface area contributed by atoms with Gasteiger partial charge in [-0.1, -0.05) is 6.92 Å². The number of likely N-dealkylation sites (tertiary alicyclic amines) is 1. The van der Waals surface area contributed by atoms with Crippen LogP contribution in [-0.4, -0.2) is 52.3 Å². The molecule has 8 nitrogen and oxygen atoms in total. The van der Waals surface area contributed by atoms with Gasteiger partial charge in [0.15, 0.2) is 0 Å². The molecule has 1 spiro atoms. The van der Waals surface area contributed by atoms with Crippen molar-refractivity contribution in [3.63, 3.8) is 0 Å². The third-order valence-electron chi connectivity index (χ3n) is 3.94. The van der Waals surface area contributed by atoms with E-state index in [2.05, 4.69) is 15.5 Å². The van der Waals surface area contributed by atoms with E-state index in [1.54, 1.807) is 4.90 Å². The molecule has 0 saturated carbocycles. The molecule has 2 fully saturated rings. The number of nitrogens with one attached hydrogen (secondary N) is 1. The topological polar surface area (TPSA) is 97.6 Å². The molecule has 0 unspecified atom stereocenters. The molecule has 2 aliphatic rings. The SMILES string of the molecule is CCCc1nnc(C(=O)N2CCC3(CC2)CNC(=O)O3)o1. The highest BCUT2D eigenvalue weighted by Crippen LogP contribution is 2.29. The van der Waals surface area contributed by atoms with Gasteiger partial charge < -0.3 is 19.4 Å². The van der Waals surface area contributed by atoms with E-state index >= 15 is 0 Å². The summed E-state index contributed by atoms with van der Waals surface area (Å²) in [4.78, 5) is 25.1. The van der Waals surface area contributed by atoms with Crippen molar-refractivity contribution in [2.45, 2.75) is 38.2 Å². The normalized spacial score (nSPS) is 20.4. The second-order valence-corrected chi connectivity index (χ2v) is 5.47. The van der Waals surface area contributed by atoms with Crippen molar-refractivity contribution in [3.05, 3.63) is 11.8 Å². The average molecular weight is 294 g/mol. The predicted molar refractivity (Wildman–Crippen MR) is 70.6 cm³/mol. The van der Waals surface area contributed by atoms with E-state index in [9.17, 15) is 9.59 Å². The Labute approximate surface area is 121 Å². The maximum absolute atomic E-state index is 12.3. The molecule has 3 rings (SSSR count). The van der Waals surface area contributed by atoms with Crippen LogP contribution in [0.25, 0.3) is 0 Å². The van der Waals surface area contributed by atoms with Crippen molar-refractivity contribution >= 4 is 12.0 Å². The third-order valence-corrected chi connectivity index (χ3v) is 3.94. The minimum Gasteiger partial charge on any atom is -0.441 e. The van der Waals surface area contributed by atoms with Gasteiger partial charge in [-0.2, -0.15) is 0 Å². The van der Waals surface area contributed by atoms with Crippen molar-refractivity contribution in [1.29, 1.82) is 0 Å². The third kappa shape index (κ3) is 2.70. The fraction of sp³-hybridized carbons (Fsp3) is 0.692. The van der Waals surface area contributed by atoms with Gasteiger partial charge in [0.1, 0.15) is 5.60 Å². The molecule has 114 valence electrons. The van der Waals surface area contributed by atoms with Crippen LogP contribution in [0.4, 0.5) is 4.79 Å². The summed E-state index contributed by atoms with van der Waals surface area (Å²) >= 11 is 0. The summed E-state index contributed by atoms with van der Waals surface area (Å²) < 4.78 is 10.7. The monoisotopic (exact) mass is 294 g/mol. The smallest absolute Gasteiger partial charge is 0.407 e. The molecular weight excluding hydrogens is 276 g/mol. The summed E-state index contributed by atoms with van der Waals surface area (Å²) in [6, 6.07) is 0. The molecule has 2 aliphatic heterocycles. The van der Waals surface area contributed by atoms with E-state index in [0.29, 0.717) is 44.8 Å². The maximum atomic E-state index is 12.3. The lowest BCUT2D eigenvalue weighted by molar-refractivity contribution is 0.00216. The zero-order valence-electron chi connectivity index (χ0n) is 11.9. The summed E-state index contributed by atoms with van der Waals surface area (Å²) in [5, 5.41) is 10.3. The van der Waals surface area contributed by atoms with Gasteiger partial charge in [-0.25, -0.2) is 4.79 Å². The molecule has 1 aromatic heterocycles. The predicted octanol–water partition coefficient (Wildman–Crippen LogP) is 0.737. The number of piperidine rings is 1. The van der Waals surface area contributed by atoms with Gasteiger partial charge in [-0.05, 0) is 6.42 Å². The van der Waals surface area contributed by atoms with Crippen LogP contribution in [0.15, 0.2) is 4.42 Å². The van der Waals surface area contributed by atoms with E-state index in [0.717, 1.165) is 6.42 Å². The molecule has 0 bridgehead atoms. The second kappa shape index (κ2) is 5.34. The molecule has 2 saturated heterocycles. The lowest BCUT2D eigenvalue weighted by Gasteiger charge is -2.36. The largest absolute Gasteiger partial charge is 0.441 e. The molecule has 3 heterocycles. The Kier molecular flexibility index (Phi) is 3.52. The van der Waals surface area contributed by atoms with Crippen LogP contribution in [0, 0.1) is 0 Å². The number of ether oxygens (including phenoxy) is 1. The lowest BCUT2D eigenvalue weighted by Crippen LogP contribution is -2.48. The first-order valence-corrected chi connectivity index (χ1v) is 7.20. The standard InChI is InChI=1S/C13H18N4O4/c1-2-3-9-15-16-10(20-9)11(18)17-6-4-13(5-7-17)8-14-12(19)21-13/h2-8H2,1H3,(H,14,19). The minimum absolute atomic E-state index is 0.0379. The molecule has 0 aromatic carbocycles. The summed E-state index contributed by atoms with van der Waals surface area (Å²) in [7, 11) is 0. The van der Waals surface area contributed by atoms with Gasteiger partial charge in [0.2, 0.25) is 5.89 Å². The van der Waals surface area contributed by atoms with Crippen LogP contribution in [0.2, 0.25) is 0 Å². The molecule has 1 N–H and O–H groups in total. The Morgan fingerprint density at radius 3 is 2.76 bits per heavy atom. The Bertz CT molecular complexity index is 548. The number of aromatic nitrogens is 2. The number of alkyl carbamates (subject to hydrolysis) is 1. The van der Waals surface area contributed by atoms with Gasteiger partial charge in [0, 0.05) is 32.4 Å². The number of hydrogen-bond donors (Lipinski definition) is 1. The summed E-state index contributed by atoms with van der Waals surface area (Å²) in [6.07, 6.45) is 2.42. The highest BCUT2D eigenvalue weighted by molar-refractivity contribution is 5.89. The molecule has 0 radical (unpaired) electrons. The van der Waals surface area contributed by atoms with Gasteiger partial charge in [0.05, 0.1) is 6.54 Å². The van der Waals surface area contributed by atoms with Crippen molar-refractivity contribution < 1.29 is 18.7 Å². The summed E-state index contributed by atoms with van der Waals surface area (Å²) in [5.74, 6) is 0.274. The second-order valence-electron chi connectivity index (χ2n) is 5.47. The number of aryl methyl sites for hydroxylation is 1. The number of carbonyl (C=O) groups is 2. The quantitative estimate of drug-likeness (QED) is 0.883. The van der Waals surface area contributed by atoms with Crippen LogP contribution >= 0.6 is 0 Å². The van der Waals surface area contributed by atoms with Gasteiger partial charge in [0.25, 0.3) is 0 Å². The molecule has 21 heavy (non-hydrogen) atoms. The number of hydrogen-bond acceptors (Lipinski definition) is 6. The zero-order chi connectivity index (χ0) is 14.9. The molecular formula is C13H18N4O4. The van der Waals surface area contributed by atoms with E-state index in [1.807, 2.05) is 6.92 Å². The zero-order valence-corrected chi connectivity index (χ0v) is 11.9. The molecule has 0 aliphatic carbocycles. The highest BCUT2D eigenvalue weighted by Gasteiger charge is 2.44. The van der Waals surface area contributed by atoms with E-state index < -0.39 is 5.60 Å². The van der Waals surface area contributed by atoms with E-state index in [1.165, 1.54) is 0 Å². The van der Waals surface area contributed by atoms with Crippen LogP contribution in [-0.2, 0) is 11.2 Å². The van der Waals surface area contributed by atoms with Crippen molar-refractivity contribution in [3.8, 4) is 0 Å². The maximum Gasteiger partial charge on any atom is 0.407 e. The Balaban J connectivity index is 1.60. The minimum atomic E-state index is -0.462. The van der Waals surface area contributed by atoms with Gasteiger partial charge in [-0.15, -0.1) is 10.2 Å². The first-order valence-electron chi connectivity index (χ1n) is 7.20. The number of nitrogens with zero attached hydrogens (tertiary/aromatic N) is 3. The van der Waals surface area contributed by atoms with Crippen LogP contribution < -0.4 is 5.32 Å². The summed E-state index contributed by atoms with van der Waals surface area (Å²) in [5.41, 5.74) is -0.462. The molecule has 0 atom stereocenters. The highest BCUT2D eigenvalue weighted by atomic mass is 16.6. The van der Waals surface area contributed by atoms with Crippen molar-refractivity contribution in [2.24, 2.45) is 0 Å². The van der Waals surface area contributed by atoms with E-state index in [4.69, 9.17) is 9.15 Å². The molecule has 8 heteroatoms. The number of rotatable bonds is 3. The first-order chi connectivity index (χ1) is 10.1. The average Bonchev–Trinajstić information content (AvgIpc) is 3.07. The fourth-order valence-corrected chi connectivity index (χ4v) is 2.69. The van der Waals surface area contributed by atoms with Crippen LogP contribution in [0.5, 0.6) is 0 Å². The molecule has 2 amide bonds. The number of carbonyl (C=O) groups excluding carboxylic acids is 2. The van der Waals surface area contributed by atoms with E-state index in [-0.39, 0.29) is 17.9 Å². The summed E-state index contributed by atoms with van der Waals surface area (Å²) in [6.45, 7) is 3.54. The van der Waals surface area contributed by atoms with Crippen LogP contribution in [0.1, 0.15) is 42.8 Å². The number of amides is 2. The van der Waals surface area contributed by atoms with Crippen molar-refractivity contribution in [1.82, 2.24) is 20.4 Å². The lowest BCUT2D eigenvalue weighted by atomic mass is 9.91.